The zero-order valence-corrected chi connectivity index (χ0v) is 14.3. The quantitative estimate of drug-likeness (QED) is 0.652. The maximum Gasteiger partial charge on any atom is 0.131 e. The molecular formula is C19H18ClFN4. The van der Waals surface area contributed by atoms with E-state index in [9.17, 15) is 4.39 Å². The van der Waals surface area contributed by atoms with Gasteiger partial charge in [0.15, 0.2) is 0 Å². The number of aromatic nitrogens is 2. The average molecular weight is 357 g/mol. The van der Waals surface area contributed by atoms with E-state index in [1.165, 1.54) is 12.4 Å². The highest BCUT2D eigenvalue weighted by atomic mass is 35.5. The zero-order chi connectivity index (χ0) is 17.5. The smallest absolute Gasteiger partial charge is 0.131 e. The summed E-state index contributed by atoms with van der Waals surface area (Å²) in [6, 6.07) is 16.3. The fraction of sp³-hybridized carbons (Fsp3) is 0.158. The summed E-state index contributed by atoms with van der Waals surface area (Å²) < 4.78 is 13.6. The summed E-state index contributed by atoms with van der Waals surface area (Å²) in [5.74, 6) is 1.13. The Labute approximate surface area is 151 Å². The van der Waals surface area contributed by atoms with Gasteiger partial charge < -0.3 is 10.6 Å². The summed E-state index contributed by atoms with van der Waals surface area (Å²) in [5.41, 5.74) is 1.75. The van der Waals surface area contributed by atoms with Crippen LogP contribution in [0.3, 0.4) is 0 Å². The topological polar surface area (TPSA) is 49.8 Å². The number of anilines is 2. The Morgan fingerprint density at radius 1 is 0.920 bits per heavy atom. The van der Waals surface area contributed by atoms with E-state index in [0.29, 0.717) is 23.7 Å². The summed E-state index contributed by atoms with van der Waals surface area (Å²) in [6.45, 7) is 1.09. The average Bonchev–Trinajstić information content (AvgIpc) is 2.62. The van der Waals surface area contributed by atoms with Gasteiger partial charge in [0, 0.05) is 29.7 Å². The van der Waals surface area contributed by atoms with E-state index in [2.05, 4.69) is 20.6 Å². The van der Waals surface area contributed by atoms with Gasteiger partial charge in [-0.2, -0.15) is 0 Å². The Balaban J connectivity index is 1.53. The van der Waals surface area contributed by atoms with Gasteiger partial charge in [-0.25, -0.2) is 14.4 Å². The Bertz CT molecular complexity index is 841. The van der Waals surface area contributed by atoms with Crippen molar-refractivity contribution in [3.63, 3.8) is 0 Å². The first-order valence-corrected chi connectivity index (χ1v) is 8.36. The highest BCUT2D eigenvalue weighted by molar-refractivity contribution is 6.30. The lowest BCUT2D eigenvalue weighted by Crippen LogP contribution is -2.08. The van der Waals surface area contributed by atoms with Crippen LogP contribution in [0.1, 0.15) is 11.1 Å². The van der Waals surface area contributed by atoms with Crippen LogP contribution in [-0.4, -0.2) is 16.5 Å². The second kappa shape index (κ2) is 8.44. The monoisotopic (exact) mass is 356 g/mol. The van der Waals surface area contributed by atoms with Gasteiger partial charge in [0.05, 0.1) is 0 Å². The lowest BCUT2D eigenvalue weighted by atomic mass is 10.1. The van der Waals surface area contributed by atoms with Gasteiger partial charge in [-0.15, -0.1) is 0 Å². The number of nitrogens with one attached hydrogen (secondary N) is 2. The minimum absolute atomic E-state index is 0.232. The van der Waals surface area contributed by atoms with Crippen molar-refractivity contribution < 1.29 is 4.39 Å². The van der Waals surface area contributed by atoms with Crippen LogP contribution < -0.4 is 10.6 Å². The number of hydrogen-bond acceptors (Lipinski definition) is 4. The van der Waals surface area contributed by atoms with Gasteiger partial charge in [-0.3, -0.25) is 0 Å². The molecule has 3 aromatic rings. The molecule has 1 aromatic heterocycles. The molecule has 25 heavy (non-hydrogen) atoms. The molecule has 1 heterocycles. The minimum atomic E-state index is -0.232. The van der Waals surface area contributed by atoms with Crippen LogP contribution in [-0.2, 0) is 13.0 Å². The molecule has 0 saturated carbocycles. The molecule has 3 rings (SSSR count). The second-order valence-corrected chi connectivity index (χ2v) is 5.98. The molecule has 0 unspecified atom stereocenters. The summed E-state index contributed by atoms with van der Waals surface area (Å²) >= 11 is 5.98. The van der Waals surface area contributed by atoms with Gasteiger partial charge in [0.1, 0.15) is 23.8 Å². The Morgan fingerprint density at radius 3 is 2.52 bits per heavy atom. The molecule has 0 spiro atoms. The van der Waals surface area contributed by atoms with Crippen LogP contribution in [0.4, 0.5) is 16.0 Å². The van der Waals surface area contributed by atoms with Gasteiger partial charge in [0.25, 0.3) is 0 Å². The van der Waals surface area contributed by atoms with E-state index in [0.717, 1.165) is 23.6 Å². The molecule has 128 valence electrons. The number of halogens is 2. The molecule has 4 nitrogen and oxygen atoms in total. The van der Waals surface area contributed by atoms with Crippen molar-refractivity contribution in [2.45, 2.75) is 13.0 Å². The third-order valence-electron chi connectivity index (χ3n) is 3.69. The van der Waals surface area contributed by atoms with Crippen molar-refractivity contribution in [3.8, 4) is 0 Å². The number of rotatable bonds is 7. The molecular weight excluding hydrogens is 339 g/mol. The largest absolute Gasteiger partial charge is 0.370 e. The van der Waals surface area contributed by atoms with Crippen molar-refractivity contribution in [2.24, 2.45) is 0 Å². The maximum absolute atomic E-state index is 13.6. The predicted molar refractivity (Wildman–Crippen MR) is 99.4 cm³/mol. The lowest BCUT2D eigenvalue weighted by Gasteiger charge is -2.09. The third kappa shape index (κ3) is 5.16. The van der Waals surface area contributed by atoms with Gasteiger partial charge in [0.2, 0.25) is 0 Å². The standard InChI is InChI=1S/C19H18ClFN4/c20-16-6-3-4-14(10-16)8-9-22-18-11-19(25-13-24-18)23-12-15-5-1-2-7-17(15)21/h1-7,10-11,13H,8-9,12H2,(H2,22,23,24,25). The molecule has 0 radical (unpaired) electrons. The van der Waals surface area contributed by atoms with Crippen LogP contribution in [0.2, 0.25) is 5.02 Å². The van der Waals surface area contributed by atoms with Crippen LogP contribution >= 0.6 is 11.6 Å². The molecule has 0 aliphatic heterocycles. The van der Waals surface area contributed by atoms with Gasteiger partial charge >= 0.3 is 0 Å². The van der Waals surface area contributed by atoms with Crippen molar-refractivity contribution in [2.75, 3.05) is 17.2 Å². The number of hydrogen-bond donors (Lipinski definition) is 2. The fourth-order valence-electron chi connectivity index (χ4n) is 2.41. The van der Waals surface area contributed by atoms with Crippen LogP contribution in [0.15, 0.2) is 60.9 Å². The Morgan fingerprint density at radius 2 is 1.72 bits per heavy atom. The first-order chi connectivity index (χ1) is 12.2. The second-order valence-electron chi connectivity index (χ2n) is 5.54. The van der Waals surface area contributed by atoms with Gasteiger partial charge in [-0.05, 0) is 30.2 Å². The van der Waals surface area contributed by atoms with E-state index >= 15 is 0 Å². The first-order valence-electron chi connectivity index (χ1n) is 7.98. The number of nitrogens with zero attached hydrogens (tertiary/aromatic N) is 2. The SMILES string of the molecule is Fc1ccccc1CNc1cc(NCCc2cccc(Cl)c2)ncn1. The number of benzene rings is 2. The molecule has 0 aliphatic rings. The molecule has 0 fully saturated rings. The van der Waals surface area contributed by atoms with Crippen molar-refractivity contribution in [3.05, 3.63) is 82.9 Å². The normalized spacial score (nSPS) is 10.5. The minimum Gasteiger partial charge on any atom is -0.370 e. The van der Waals surface area contributed by atoms with Crippen molar-refractivity contribution in [1.29, 1.82) is 0 Å². The predicted octanol–water partition coefficient (Wildman–Crippen LogP) is 4.54. The van der Waals surface area contributed by atoms with Gasteiger partial charge in [-0.1, -0.05) is 41.9 Å². The maximum atomic E-state index is 13.6. The van der Waals surface area contributed by atoms with Crippen LogP contribution in [0.5, 0.6) is 0 Å². The van der Waals surface area contributed by atoms with E-state index in [1.54, 1.807) is 18.2 Å². The molecule has 0 saturated heterocycles. The van der Waals surface area contributed by atoms with E-state index in [-0.39, 0.29) is 5.82 Å². The molecule has 0 bridgehead atoms. The van der Waals surface area contributed by atoms with E-state index in [4.69, 9.17) is 11.6 Å². The highest BCUT2D eigenvalue weighted by Gasteiger charge is 2.03. The molecule has 0 aliphatic carbocycles. The third-order valence-corrected chi connectivity index (χ3v) is 3.93. The summed E-state index contributed by atoms with van der Waals surface area (Å²) in [6.07, 6.45) is 2.31. The summed E-state index contributed by atoms with van der Waals surface area (Å²) in [4.78, 5) is 8.36. The first kappa shape index (κ1) is 17.2. The van der Waals surface area contributed by atoms with Crippen molar-refractivity contribution >= 4 is 23.2 Å². The van der Waals surface area contributed by atoms with E-state index < -0.39 is 0 Å². The molecule has 0 amide bonds. The van der Waals surface area contributed by atoms with Crippen molar-refractivity contribution in [1.82, 2.24) is 9.97 Å². The van der Waals surface area contributed by atoms with Crippen LogP contribution in [0.25, 0.3) is 0 Å². The molecule has 2 N–H and O–H groups in total. The van der Waals surface area contributed by atoms with E-state index in [1.807, 2.05) is 30.3 Å². The Kier molecular flexibility index (Phi) is 5.80. The summed E-state index contributed by atoms with van der Waals surface area (Å²) in [7, 11) is 0. The molecule has 2 aromatic carbocycles. The highest BCUT2D eigenvalue weighted by Crippen LogP contribution is 2.14. The fourth-order valence-corrected chi connectivity index (χ4v) is 2.62. The van der Waals surface area contributed by atoms with Crippen LogP contribution in [0, 0.1) is 5.82 Å². The zero-order valence-electron chi connectivity index (χ0n) is 13.5. The molecule has 6 heteroatoms. The summed E-state index contributed by atoms with van der Waals surface area (Å²) in [5, 5.41) is 7.10. The lowest BCUT2D eigenvalue weighted by molar-refractivity contribution is 0.613. The Hall–Kier alpha value is -2.66. The molecule has 0 atom stereocenters.